The summed E-state index contributed by atoms with van der Waals surface area (Å²) in [6, 6.07) is 20.2. The fourth-order valence-electron chi connectivity index (χ4n) is 4.30. The van der Waals surface area contributed by atoms with Crippen LogP contribution in [0.25, 0.3) is 28.2 Å². The molecule has 1 aliphatic rings. The summed E-state index contributed by atoms with van der Waals surface area (Å²) < 4.78 is 0. The second-order valence-corrected chi connectivity index (χ2v) is 8.55. The van der Waals surface area contributed by atoms with Gasteiger partial charge in [-0.05, 0) is 67.4 Å². The van der Waals surface area contributed by atoms with Crippen LogP contribution in [0.15, 0.2) is 79.1 Å². The van der Waals surface area contributed by atoms with Crippen LogP contribution in [0.2, 0.25) is 0 Å². The van der Waals surface area contributed by atoms with Crippen molar-refractivity contribution in [3.8, 4) is 11.3 Å². The minimum atomic E-state index is -0.964. The number of carboxylic acid groups (broad SMARTS) is 1. The van der Waals surface area contributed by atoms with Crippen molar-refractivity contribution in [2.75, 3.05) is 18.4 Å². The fraction of sp³-hybridized carbons (Fsp3) is 0.281. The molecule has 1 fully saturated rings. The Morgan fingerprint density at radius 2 is 1.66 bits per heavy atom. The van der Waals surface area contributed by atoms with Gasteiger partial charge in [-0.3, -0.25) is 9.88 Å². The topological polar surface area (TPSA) is 78.4 Å². The Morgan fingerprint density at radius 3 is 2.32 bits per heavy atom. The summed E-state index contributed by atoms with van der Waals surface area (Å²) >= 11 is 0. The Morgan fingerprint density at radius 1 is 0.974 bits per heavy atom. The molecular weight excluding hydrogens is 472 g/mol. The Labute approximate surface area is 226 Å². The molecule has 1 aliphatic heterocycles. The molecule has 0 atom stereocenters. The van der Waals surface area contributed by atoms with Crippen molar-refractivity contribution in [2.24, 2.45) is 0 Å². The van der Waals surface area contributed by atoms with Crippen LogP contribution in [-0.2, 0) is 11.3 Å². The summed E-state index contributed by atoms with van der Waals surface area (Å²) in [5.41, 5.74) is 6.75. The maximum atomic E-state index is 10.8. The smallest absolute Gasteiger partial charge is 0.328 e. The van der Waals surface area contributed by atoms with E-state index in [0.717, 1.165) is 51.7 Å². The molecule has 0 spiro atoms. The van der Waals surface area contributed by atoms with Gasteiger partial charge in [0.25, 0.3) is 0 Å². The third kappa shape index (κ3) is 7.73. The molecule has 2 aromatic carbocycles. The number of carbonyl (C=O) groups is 1. The summed E-state index contributed by atoms with van der Waals surface area (Å²) in [7, 11) is 0. The van der Waals surface area contributed by atoms with Gasteiger partial charge in [-0.2, -0.15) is 0 Å². The lowest BCUT2D eigenvalue weighted by Gasteiger charge is -2.15. The van der Waals surface area contributed by atoms with E-state index < -0.39 is 5.97 Å². The Bertz CT molecular complexity index is 1330. The zero-order chi connectivity index (χ0) is 27.3. The number of hydrogen-bond donors (Lipinski definition) is 2. The second kappa shape index (κ2) is 14.6. The van der Waals surface area contributed by atoms with Crippen LogP contribution in [0.4, 0.5) is 11.4 Å². The molecule has 38 heavy (non-hydrogen) atoms. The Kier molecular flexibility index (Phi) is 11.0. The molecule has 0 bridgehead atoms. The zero-order valence-electron chi connectivity index (χ0n) is 22.8. The molecule has 0 radical (unpaired) electrons. The van der Waals surface area contributed by atoms with E-state index >= 15 is 0 Å². The number of likely N-dealkylation sites (tertiary alicyclic amines) is 1. The lowest BCUT2D eigenvalue weighted by Crippen LogP contribution is -2.18. The highest BCUT2D eigenvalue weighted by Gasteiger charge is 2.12. The minimum Gasteiger partial charge on any atom is -0.478 e. The molecule has 2 aromatic heterocycles. The van der Waals surface area contributed by atoms with E-state index in [1.54, 1.807) is 12.3 Å². The number of aromatic nitrogens is 2. The van der Waals surface area contributed by atoms with Gasteiger partial charge in [-0.15, -0.1) is 0 Å². The SMILES string of the molecule is CC.CC.O=C(O)/C=C/c1ccc(-c2cc(Nc3ccc(CN4CCCC4)cc3)c3cnccc3n2)cc1. The molecule has 5 rings (SSSR count). The standard InChI is InChI=1S/C28H26N4O2.2C2H6/c33-28(34)12-7-20-3-8-22(9-4-20)26-17-27(24-18-29-14-13-25(24)31-26)30-23-10-5-21(6-11-23)19-32-15-1-2-16-32;2*1-2/h3-14,17-18H,1-2,15-16,19H2,(H,30,31)(H,33,34);2*1-2H3/b12-7+;;. The van der Waals surface area contributed by atoms with Crippen LogP contribution in [-0.4, -0.2) is 39.0 Å². The average molecular weight is 511 g/mol. The van der Waals surface area contributed by atoms with Gasteiger partial charge >= 0.3 is 5.97 Å². The molecule has 198 valence electrons. The fourth-order valence-corrected chi connectivity index (χ4v) is 4.30. The van der Waals surface area contributed by atoms with Crippen LogP contribution < -0.4 is 5.32 Å². The largest absolute Gasteiger partial charge is 0.478 e. The Hall–Kier alpha value is -4.03. The van der Waals surface area contributed by atoms with E-state index in [-0.39, 0.29) is 0 Å². The quantitative estimate of drug-likeness (QED) is 0.247. The van der Waals surface area contributed by atoms with Crippen LogP contribution in [0.5, 0.6) is 0 Å². The minimum absolute atomic E-state index is 0.823. The third-order valence-corrected chi connectivity index (χ3v) is 6.07. The van der Waals surface area contributed by atoms with Gasteiger partial charge in [0.1, 0.15) is 0 Å². The van der Waals surface area contributed by atoms with Crippen LogP contribution in [0.1, 0.15) is 51.7 Å². The van der Waals surface area contributed by atoms with Crippen molar-refractivity contribution in [1.82, 2.24) is 14.9 Å². The number of hydrogen-bond acceptors (Lipinski definition) is 5. The zero-order valence-corrected chi connectivity index (χ0v) is 22.8. The molecule has 0 amide bonds. The van der Waals surface area contributed by atoms with Crippen molar-refractivity contribution >= 4 is 34.3 Å². The predicted octanol–water partition coefficient (Wildman–Crippen LogP) is 7.79. The number of fused-ring (bicyclic) bond motifs is 1. The van der Waals surface area contributed by atoms with Crippen molar-refractivity contribution in [3.63, 3.8) is 0 Å². The highest BCUT2D eigenvalue weighted by atomic mass is 16.4. The number of anilines is 2. The second-order valence-electron chi connectivity index (χ2n) is 8.55. The lowest BCUT2D eigenvalue weighted by atomic mass is 10.1. The van der Waals surface area contributed by atoms with Gasteiger partial charge in [-0.1, -0.05) is 64.1 Å². The van der Waals surface area contributed by atoms with E-state index in [1.807, 2.05) is 70.3 Å². The summed E-state index contributed by atoms with van der Waals surface area (Å²) in [6.45, 7) is 11.4. The van der Waals surface area contributed by atoms with E-state index in [1.165, 1.54) is 31.5 Å². The molecule has 0 saturated carbocycles. The first-order valence-corrected chi connectivity index (χ1v) is 13.5. The van der Waals surface area contributed by atoms with Crippen LogP contribution in [0, 0.1) is 0 Å². The number of aliphatic carboxylic acids is 1. The third-order valence-electron chi connectivity index (χ3n) is 6.07. The first-order valence-electron chi connectivity index (χ1n) is 13.5. The highest BCUT2D eigenvalue weighted by Crippen LogP contribution is 2.30. The van der Waals surface area contributed by atoms with Crippen molar-refractivity contribution in [1.29, 1.82) is 0 Å². The van der Waals surface area contributed by atoms with Crippen LogP contribution in [0.3, 0.4) is 0 Å². The monoisotopic (exact) mass is 510 g/mol. The molecule has 1 saturated heterocycles. The van der Waals surface area contributed by atoms with Gasteiger partial charge in [0.2, 0.25) is 0 Å². The summed E-state index contributed by atoms with van der Waals surface area (Å²) in [6.07, 6.45) is 8.88. The molecular formula is C32H38N4O2. The maximum Gasteiger partial charge on any atom is 0.328 e. The van der Waals surface area contributed by atoms with Gasteiger partial charge in [0, 0.05) is 41.7 Å². The summed E-state index contributed by atoms with van der Waals surface area (Å²) in [5, 5.41) is 13.3. The molecule has 4 aromatic rings. The van der Waals surface area contributed by atoms with E-state index in [2.05, 4.69) is 39.5 Å². The highest BCUT2D eigenvalue weighted by molar-refractivity contribution is 5.95. The summed E-state index contributed by atoms with van der Waals surface area (Å²) in [5.74, 6) is -0.964. The number of benzene rings is 2. The molecule has 6 heteroatoms. The van der Waals surface area contributed by atoms with Gasteiger partial charge in [0.05, 0.1) is 16.9 Å². The van der Waals surface area contributed by atoms with E-state index in [0.29, 0.717) is 0 Å². The molecule has 0 aliphatic carbocycles. The maximum absolute atomic E-state index is 10.8. The number of pyridine rings is 2. The van der Waals surface area contributed by atoms with Crippen molar-refractivity contribution in [3.05, 3.63) is 90.3 Å². The van der Waals surface area contributed by atoms with E-state index in [4.69, 9.17) is 10.1 Å². The number of rotatable bonds is 7. The van der Waals surface area contributed by atoms with Gasteiger partial charge < -0.3 is 10.4 Å². The number of nitrogens with zero attached hydrogens (tertiary/aromatic N) is 3. The van der Waals surface area contributed by atoms with Gasteiger partial charge in [-0.25, -0.2) is 9.78 Å². The number of nitrogens with one attached hydrogen (secondary N) is 1. The molecule has 6 nitrogen and oxygen atoms in total. The molecule has 2 N–H and O–H groups in total. The average Bonchev–Trinajstić information content (AvgIpc) is 3.48. The predicted molar refractivity (Wildman–Crippen MR) is 159 cm³/mol. The Balaban J connectivity index is 0.000000956. The normalized spacial score (nSPS) is 12.9. The first-order chi connectivity index (χ1) is 18.6. The van der Waals surface area contributed by atoms with Crippen molar-refractivity contribution < 1.29 is 9.90 Å². The van der Waals surface area contributed by atoms with Crippen molar-refractivity contribution in [2.45, 2.75) is 47.1 Å². The van der Waals surface area contributed by atoms with Crippen LogP contribution >= 0.6 is 0 Å². The van der Waals surface area contributed by atoms with E-state index in [9.17, 15) is 4.79 Å². The molecule has 0 unspecified atom stereocenters. The lowest BCUT2D eigenvalue weighted by molar-refractivity contribution is -0.131. The first kappa shape index (κ1) is 28.5. The summed E-state index contributed by atoms with van der Waals surface area (Å²) in [4.78, 5) is 22.4. The molecule has 3 heterocycles. The van der Waals surface area contributed by atoms with Gasteiger partial charge in [0.15, 0.2) is 0 Å². The number of carboxylic acids is 1.